The molecule has 103 heavy (non-hydrogen) atoms. The van der Waals surface area contributed by atoms with E-state index < -0.39 is 97.5 Å². The molecular weight excluding hydrogens is 1340 g/mol. The molecule has 4 unspecified atom stereocenters. The molecule has 0 saturated heterocycles. The van der Waals surface area contributed by atoms with Gasteiger partial charge in [-0.05, 0) is 69.1 Å². The lowest BCUT2D eigenvalue weighted by Gasteiger charge is -2.21. The van der Waals surface area contributed by atoms with Gasteiger partial charge < -0.3 is 33.8 Å². The van der Waals surface area contributed by atoms with Gasteiger partial charge in [0.05, 0.1) is 26.4 Å². The minimum absolute atomic E-state index is 0.0846. The smallest absolute Gasteiger partial charge is 0.462 e. The maximum atomic E-state index is 13.1. The number of allylic oxidation sites excluding steroid dienone is 4. The quantitative estimate of drug-likeness (QED) is 0.0169. The van der Waals surface area contributed by atoms with Gasteiger partial charge in [-0.2, -0.15) is 0 Å². The third-order valence-corrected chi connectivity index (χ3v) is 21.6. The lowest BCUT2D eigenvalue weighted by Crippen LogP contribution is -2.30. The highest BCUT2D eigenvalue weighted by Crippen LogP contribution is 2.45. The molecule has 0 aliphatic rings. The van der Waals surface area contributed by atoms with Crippen LogP contribution in [0.4, 0.5) is 0 Å². The third kappa shape index (κ3) is 74.8. The van der Waals surface area contributed by atoms with E-state index in [-0.39, 0.29) is 25.7 Å². The van der Waals surface area contributed by atoms with Gasteiger partial charge in [-0.25, -0.2) is 9.13 Å². The predicted octanol–water partition coefficient (Wildman–Crippen LogP) is 24.9. The third-order valence-electron chi connectivity index (χ3n) is 19.7. The van der Waals surface area contributed by atoms with Crippen molar-refractivity contribution in [3.8, 4) is 0 Å². The Morgan fingerprint density at radius 2 is 0.573 bits per heavy atom. The Labute approximate surface area is 631 Å². The zero-order valence-corrected chi connectivity index (χ0v) is 69.1. The van der Waals surface area contributed by atoms with Crippen molar-refractivity contribution in [3.63, 3.8) is 0 Å². The molecule has 19 heteroatoms. The van der Waals surface area contributed by atoms with Crippen LogP contribution >= 0.6 is 15.6 Å². The highest BCUT2D eigenvalue weighted by atomic mass is 31.2. The maximum Gasteiger partial charge on any atom is 0.472 e. The maximum absolute atomic E-state index is 13.1. The van der Waals surface area contributed by atoms with E-state index in [0.717, 1.165) is 120 Å². The van der Waals surface area contributed by atoms with E-state index in [1.54, 1.807) is 0 Å². The Kier molecular flexibility index (Phi) is 71.9. The molecule has 0 aliphatic carbocycles. The first-order chi connectivity index (χ1) is 49.8. The van der Waals surface area contributed by atoms with Crippen LogP contribution in [0.1, 0.15) is 414 Å². The summed E-state index contributed by atoms with van der Waals surface area (Å²) in [7, 11) is -9.94. The van der Waals surface area contributed by atoms with Crippen molar-refractivity contribution in [2.45, 2.75) is 433 Å². The number of aliphatic hydroxyl groups excluding tert-OH is 1. The number of hydrogen-bond donors (Lipinski definition) is 3. The van der Waals surface area contributed by atoms with Gasteiger partial charge in [0, 0.05) is 25.7 Å². The SMILES string of the molecule is CCCCCC/C=C\C=C/CCCCCCCC(=O)O[C@H](COC(=O)CCCCCCCCCCC(C)CC)COP(=O)(O)OC[C@H](O)COP(=O)(O)OC[C@@H](COC(=O)CCCCCCCCCCCCCCCCC(C)CC)OC(=O)CCCCCCCCCCCCCCCCCC(C)C. The molecule has 0 spiro atoms. The van der Waals surface area contributed by atoms with Gasteiger partial charge in [0.25, 0.3) is 0 Å². The van der Waals surface area contributed by atoms with Crippen LogP contribution < -0.4 is 0 Å². The van der Waals surface area contributed by atoms with Gasteiger partial charge in [-0.1, -0.05) is 362 Å². The van der Waals surface area contributed by atoms with Crippen LogP contribution in [0.3, 0.4) is 0 Å². The van der Waals surface area contributed by atoms with Crippen LogP contribution in [0.2, 0.25) is 0 Å². The Balaban J connectivity index is 5.30. The summed E-state index contributed by atoms with van der Waals surface area (Å²) >= 11 is 0. The van der Waals surface area contributed by atoms with Crippen molar-refractivity contribution in [2.24, 2.45) is 17.8 Å². The Bertz CT molecular complexity index is 2090. The summed E-state index contributed by atoms with van der Waals surface area (Å²) in [6.45, 7) is 12.0. The van der Waals surface area contributed by atoms with E-state index in [0.29, 0.717) is 25.7 Å². The van der Waals surface area contributed by atoms with Crippen molar-refractivity contribution in [2.75, 3.05) is 39.6 Å². The number of carbonyl (C=O) groups excluding carboxylic acids is 4. The molecule has 17 nitrogen and oxygen atoms in total. The number of esters is 4. The molecule has 0 saturated carbocycles. The molecule has 7 atom stereocenters. The van der Waals surface area contributed by atoms with E-state index in [1.807, 2.05) is 0 Å². The van der Waals surface area contributed by atoms with Gasteiger partial charge in [-0.15, -0.1) is 0 Å². The molecular formula is C84H160O17P2. The van der Waals surface area contributed by atoms with Crippen LogP contribution in [-0.4, -0.2) is 96.7 Å². The number of carbonyl (C=O) groups is 4. The monoisotopic (exact) mass is 1500 g/mol. The molecule has 0 aromatic carbocycles. The largest absolute Gasteiger partial charge is 0.472 e. The minimum Gasteiger partial charge on any atom is -0.462 e. The van der Waals surface area contributed by atoms with Gasteiger partial charge in [0.15, 0.2) is 12.2 Å². The highest BCUT2D eigenvalue weighted by Gasteiger charge is 2.30. The molecule has 0 radical (unpaired) electrons. The average Bonchev–Trinajstić information content (AvgIpc) is 0.980. The number of hydrogen-bond acceptors (Lipinski definition) is 15. The second kappa shape index (κ2) is 73.7. The summed E-state index contributed by atoms with van der Waals surface area (Å²) in [5.41, 5.74) is 0. The van der Waals surface area contributed by atoms with E-state index in [9.17, 15) is 43.2 Å². The molecule has 0 rings (SSSR count). The zero-order valence-electron chi connectivity index (χ0n) is 67.3. The van der Waals surface area contributed by atoms with Gasteiger partial charge in [0.2, 0.25) is 0 Å². The zero-order chi connectivity index (χ0) is 75.8. The molecule has 3 N–H and O–H groups in total. The summed E-state index contributed by atoms with van der Waals surface area (Å²) in [6.07, 6.45) is 65.8. The number of phosphoric acid groups is 2. The molecule has 0 bridgehead atoms. The highest BCUT2D eigenvalue weighted by molar-refractivity contribution is 7.47. The van der Waals surface area contributed by atoms with Crippen molar-refractivity contribution in [1.82, 2.24) is 0 Å². The van der Waals surface area contributed by atoms with Gasteiger partial charge >= 0.3 is 39.5 Å². The van der Waals surface area contributed by atoms with Gasteiger partial charge in [0.1, 0.15) is 19.3 Å². The Morgan fingerprint density at radius 3 is 0.864 bits per heavy atom. The second-order valence-electron chi connectivity index (χ2n) is 30.5. The number of aliphatic hydroxyl groups is 1. The summed E-state index contributed by atoms with van der Waals surface area (Å²) in [4.78, 5) is 73.2. The van der Waals surface area contributed by atoms with E-state index in [1.165, 1.54) is 212 Å². The van der Waals surface area contributed by atoms with E-state index >= 15 is 0 Å². The van der Waals surface area contributed by atoms with Crippen LogP contribution in [0, 0.1) is 17.8 Å². The topological polar surface area (TPSA) is 237 Å². The normalized spacial score (nSPS) is 14.6. The summed E-state index contributed by atoms with van der Waals surface area (Å²) in [6, 6.07) is 0. The fraction of sp³-hybridized carbons (Fsp3) is 0.905. The molecule has 608 valence electrons. The summed E-state index contributed by atoms with van der Waals surface area (Å²) in [5, 5.41) is 10.7. The number of ether oxygens (including phenoxy) is 4. The fourth-order valence-corrected chi connectivity index (χ4v) is 14.0. The molecule has 0 fully saturated rings. The van der Waals surface area contributed by atoms with Crippen molar-refractivity contribution < 1.29 is 80.2 Å². The lowest BCUT2D eigenvalue weighted by atomic mass is 9.99. The molecule has 0 aliphatic heterocycles. The molecule has 0 aromatic heterocycles. The Hall–Kier alpha value is -2.46. The first-order valence-corrected chi connectivity index (χ1v) is 45.7. The fourth-order valence-electron chi connectivity index (χ4n) is 12.4. The van der Waals surface area contributed by atoms with E-state index in [2.05, 4.69) is 72.8 Å². The average molecular weight is 1500 g/mol. The number of phosphoric ester groups is 2. The van der Waals surface area contributed by atoms with Crippen LogP contribution in [-0.2, 0) is 65.4 Å². The lowest BCUT2D eigenvalue weighted by molar-refractivity contribution is -0.161. The van der Waals surface area contributed by atoms with Crippen molar-refractivity contribution in [1.29, 1.82) is 0 Å². The standard InChI is InChI=1S/C84H160O17P2/c1-8-11-12-13-14-15-16-17-19-27-32-37-46-53-60-67-84(89)101-80(72-95-82(87)66-59-52-45-40-39-43-50-57-64-77(7)10-3)74-99-103(92,93)97-70-78(85)69-96-102(90,91)98-73-79(100-83(88)68-61-54-47-38-33-28-21-18-20-24-29-34-41-48-55-62-75(4)5)71-94-81(86)65-58-51-44-36-31-26-23-22-25-30-35-42-49-56-63-76(6)9-2/h15-17,19,75-80,85H,8-14,18,20-74H2,1-7H3,(H,90,91)(H,92,93)/b16-15-,19-17-/t76?,77?,78-,79-,80-/m1/s1. The predicted molar refractivity (Wildman–Crippen MR) is 423 cm³/mol. The number of rotatable bonds is 80. The molecule has 0 amide bonds. The Morgan fingerprint density at radius 1 is 0.320 bits per heavy atom. The van der Waals surface area contributed by atoms with E-state index in [4.69, 9.17) is 37.0 Å². The van der Waals surface area contributed by atoms with Crippen LogP contribution in [0.15, 0.2) is 24.3 Å². The second-order valence-corrected chi connectivity index (χ2v) is 33.4. The van der Waals surface area contributed by atoms with Crippen LogP contribution in [0.25, 0.3) is 0 Å². The first-order valence-electron chi connectivity index (χ1n) is 42.7. The van der Waals surface area contributed by atoms with Crippen molar-refractivity contribution in [3.05, 3.63) is 24.3 Å². The van der Waals surface area contributed by atoms with Crippen molar-refractivity contribution >= 4 is 39.5 Å². The van der Waals surface area contributed by atoms with Gasteiger partial charge in [-0.3, -0.25) is 37.3 Å². The summed E-state index contributed by atoms with van der Waals surface area (Å²) < 4.78 is 68.8. The summed E-state index contributed by atoms with van der Waals surface area (Å²) in [5.74, 6) is 0.287. The number of unbranched alkanes of at least 4 members (excludes halogenated alkanes) is 43. The molecule has 0 heterocycles. The minimum atomic E-state index is -4.97. The first kappa shape index (κ1) is 101. The molecule has 0 aromatic rings. The van der Waals surface area contributed by atoms with Crippen LogP contribution in [0.5, 0.6) is 0 Å².